The van der Waals surface area contributed by atoms with Crippen molar-refractivity contribution in [3.63, 3.8) is 0 Å². The third-order valence-electron chi connectivity index (χ3n) is 3.83. The molecular weight excluding hydrogens is 339 g/mol. The number of hydrogen-bond acceptors (Lipinski definition) is 4. The molecule has 1 fully saturated rings. The maximum Gasteiger partial charge on any atom is 0.405 e. The minimum atomic E-state index is -4.42. The van der Waals surface area contributed by atoms with Gasteiger partial charge < -0.3 is 15.0 Å². The molecule has 2 amide bonds. The predicted molar refractivity (Wildman–Crippen MR) is 84.4 cm³/mol. The number of methoxy groups -OCH3 is 1. The van der Waals surface area contributed by atoms with Crippen molar-refractivity contribution in [2.24, 2.45) is 0 Å². The predicted octanol–water partition coefficient (Wildman–Crippen LogP) is 1.13. The Bertz CT molecular complexity index is 614. The second-order valence-corrected chi connectivity index (χ2v) is 5.69. The van der Waals surface area contributed by atoms with E-state index in [1.54, 1.807) is 34.1 Å². The number of nitrogens with zero attached hydrogens (tertiary/aromatic N) is 2. The van der Waals surface area contributed by atoms with Crippen LogP contribution in [0.15, 0.2) is 24.3 Å². The molecule has 0 radical (unpaired) electrons. The van der Waals surface area contributed by atoms with Crippen molar-refractivity contribution in [3.05, 3.63) is 29.8 Å². The molecule has 0 unspecified atom stereocenters. The van der Waals surface area contributed by atoms with Gasteiger partial charge in [-0.25, -0.2) is 0 Å². The summed E-state index contributed by atoms with van der Waals surface area (Å²) in [7, 11) is 1.52. The number of halogens is 3. The monoisotopic (exact) mass is 359 g/mol. The highest BCUT2D eigenvalue weighted by atomic mass is 19.4. The molecule has 1 heterocycles. The SMILES string of the molecule is COc1cccc(C(=O)N2CCN(CC(=O)NCC(F)(F)F)CC2)c1. The Kier molecular flexibility index (Phi) is 6.24. The standard InChI is InChI=1S/C16H20F3N3O3/c1-25-13-4-2-3-12(9-13)15(24)22-7-5-21(6-8-22)10-14(23)20-11-16(17,18)19/h2-4,9H,5-8,10-11H2,1H3,(H,20,23). The summed E-state index contributed by atoms with van der Waals surface area (Å²) < 4.78 is 41.3. The van der Waals surface area contributed by atoms with Gasteiger partial charge in [-0.3, -0.25) is 14.5 Å². The third-order valence-corrected chi connectivity index (χ3v) is 3.83. The zero-order chi connectivity index (χ0) is 18.4. The van der Waals surface area contributed by atoms with Gasteiger partial charge in [-0.2, -0.15) is 13.2 Å². The smallest absolute Gasteiger partial charge is 0.405 e. The zero-order valence-corrected chi connectivity index (χ0v) is 13.8. The van der Waals surface area contributed by atoms with E-state index in [0.29, 0.717) is 37.5 Å². The van der Waals surface area contributed by atoms with Crippen LogP contribution in [-0.4, -0.2) is 74.2 Å². The first-order chi connectivity index (χ1) is 11.8. The van der Waals surface area contributed by atoms with Crippen LogP contribution >= 0.6 is 0 Å². The average Bonchev–Trinajstić information content (AvgIpc) is 2.59. The third kappa shape index (κ3) is 5.93. The molecule has 0 spiro atoms. The van der Waals surface area contributed by atoms with Crippen molar-refractivity contribution >= 4 is 11.8 Å². The number of alkyl halides is 3. The van der Waals surface area contributed by atoms with Crippen LogP contribution in [0.1, 0.15) is 10.4 Å². The number of carbonyl (C=O) groups excluding carboxylic acids is 2. The van der Waals surface area contributed by atoms with E-state index in [-0.39, 0.29) is 12.5 Å². The topological polar surface area (TPSA) is 61.9 Å². The highest BCUT2D eigenvalue weighted by Gasteiger charge is 2.28. The van der Waals surface area contributed by atoms with E-state index < -0.39 is 18.6 Å². The van der Waals surface area contributed by atoms with Gasteiger partial charge >= 0.3 is 6.18 Å². The average molecular weight is 359 g/mol. The summed E-state index contributed by atoms with van der Waals surface area (Å²) in [5.41, 5.74) is 0.510. The first-order valence-electron chi connectivity index (χ1n) is 7.77. The first-order valence-corrected chi connectivity index (χ1v) is 7.77. The second kappa shape index (κ2) is 8.19. The van der Waals surface area contributed by atoms with Gasteiger partial charge in [0.25, 0.3) is 5.91 Å². The Morgan fingerprint density at radius 3 is 2.48 bits per heavy atom. The lowest BCUT2D eigenvalue weighted by Crippen LogP contribution is -2.51. The molecule has 6 nitrogen and oxygen atoms in total. The fourth-order valence-electron chi connectivity index (χ4n) is 2.51. The van der Waals surface area contributed by atoms with E-state index >= 15 is 0 Å². The van der Waals surface area contributed by atoms with Crippen molar-refractivity contribution in [1.29, 1.82) is 0 Å². The van der Waals surface area contributed by atoms with Crippen molar-refractivity contribution in [2.75, 3.05) is 46.4 Å². The largest absolute Gasteiger partial charge is 0.497 e. The molecule has 0 bridgehead atoms. The molecule has 2 rings (SSSR count). The number of carbonyl (C=O) groups is 2. The van der Waals surface area contributed by atoms with E-state index in [2.05, 4.69) is 0 Å². The van der Waals surface area contributed by atoms with E-state index in [4.69, 9.17) is 4.74 Å². The summed E-state index contributed by atoms with van der Waals surface area (Å²) in [6.07, 6.45) is -4.42. The molecule has 138 valence electrons. The summed E-state index contributed by atoms with van der Waals surface area (Å²) in [5.74, 6) is -0.226. The van der Waals surface area contributed by atoms with E-state index in [1.807, 2.05) is 5.32 Å². The van der Waals surface area contributed by atoms with Crippen LogP contribution in [-0.2, 0) is 4.79 Å². The first kappa shape index (κ1) is 19.0. The number of amides is 2. The fraction of sp³-hybridized carbons (Fsp3) is 0.500. The minimum absolute atomic E-state index is 0.114. The van der Waals surface area contributed by atoms with E-state index in [0.717, 1.165) is 0 Å². The molecule has 1 saturated heterocycles. The molecule has 25 heavy (non-hydrogen) atoms. The van der Waals surface area contributed by atoms with E-state index in [1.165, 1.54) is 7.11 Å². The van der Waals surface area contributed by atoms with Crippen LogP contribution < -0.4 is 10.1 Å². The summed E-state index contributed by atoms with van der Waals surface area (Å²) in [5, 5.41) is 1.84. The van der Waals surface area contributed by atoms with Gasteiger partial charge in [0.1, 0.15) is 12.3 Å². The maximum absolute atomic E-state index is 12.5. The number of rotatable bonds is 5. The van der Waals surface area contributed by atoms with Crippen molar-refractivity contribution in [2.45, 2.75) is 6.18 Å². The van der Waals surface area contributed by atoms with Crippen LogP contribution in [0, 0.1) is 0 Å². The lowest BCUT2D eigenvalue weighted by Gasteiger charge is -2.34. The van der Waals surface area contributed by atoms with Gasteiger partial charge in [0.2, 0.25) is 5.91 Å². The van der Waals surface area contributed by atoms with Crippen LogP contribution in [0.25, 0.3) is 0 Å². The van der Waals surface area contributed by atoms with Gasteiger partial charge in [-0.1, -0.05) is 6.07 Å². The number of benzene rings is 1. The van der Waals surface area contributed by atoms with Crippen molar-refractivity contribution in [1.82, 2.24) is 15.1 Å². The lowest BCUT2D eigenvalue weighted by molar-refractivity contribution is -0.139. The number of hydrogen-bond donors (Lipinski definition) is 1. The summed E-state index contributed by atoms with van der Waals surface area (Å²) >= 11 is 0. The highest BCUT2D eigenvalue weighted by Crippen LogP contribution is 2.15. The molecule has 1 aromatic rings. The quantitative estimate of drug-likeness (QED) is 0.856. The summed E-state index contributed by atoms with van der Waals surface area (Å²) in [6, 6.07) is 6.82. The lowest BCUT2D eigenvalue weighted by atomic mass is 10.1. The molecule has 9 heteroatoms. The van der Waals surface area contributed by atoms with Crippen LogP contribution in [0.3, 0.4) is 0 Å². The highest BCUT2D eigenvalue weighted by molar-refractivity contribution is 5.94. The maximum atomic E-state index is 12.5. The van der Waals surface area contributed by atoms with Crippen LogP contribution in [0.5, 0.6) is 5.75 Å². The normalized spacial score (nSPS) is 15.8. The molecule has 1 aliphatic rings. The summed E-state index contributed by atoms with van der Waals surface area (Å²) in [4.78, 5) is 27.4. The molecule has 0 atom stereocenters. The molecule has 0 aliphatic carbocycles. The number of ether oxygens (including phenoxy) is 1. The molecule has 1 aliphatic heterocycles. The molecule has 0 saturated carbocycles. The van der Waals surface area contributed by atoms with Gasteiger partial charge in [0.15, 0.2) is 0 Å². The molecule has 1 N–H and O–H groups in total. The van der Waals surface area contributed by atoms with Gasteiger partial charge in [-0.05, 0) is 18.2 Å². The Hall–Kier alpha value is -2.29. The van der Waals surface area contributed by atoms with Gasteiger partial charge in [0.05, 0.1) is 13.7 Å². The minimum Gasteiger partial charge on any atom is -0.497 e. The van der Waals surface area contributed by atoms with Gasteiger partial charge in [-0.15, -0.1) is 0 Å². The zero-order valence-electron chi connectivity index (χ0n) is 13.8. The molecule has 1 aromatic carbocycles. The number of piperazine rings is 1. The van der Waals surface area contributed by atoms with Gasteiger partial charge in [0, 0.05) is 31.7 Å². The summed E-state index contributed by atoms with van der Waals surface area (Å²) in [6.45, 7) is 0.215. The Labute approximate surface area is 143 Å². The van der Waals surface area contributed by atoms with Crippen LogP contribution in [0.4, 0.5) is 13.2 Å². The van der Waals surface area contributed by atoms with Crippen molar-refractivity contribution in [3.8, 4) is 5.75 Å². The van der Waals surface area contributed by atoms with Crippen LogP contribution in [0.2, 0.25) is 0 Å². The fourth-order valence-corrected chi connectivity index (χ4v) is 2.51. The Morgan fingerprint density at radius 2 is 1.88 bits per heavy atom. The number of nitrogens with one attached hydrogen (secondary N) is 1. The second-order valence-electron chi connectivity index (χ2n) is 5.69. The van der Waals surface area contributed by atoms with Crippen molar-refractivity contribution < 1.29 is 27.5 Å². The van der Waals surface area contributed by atoms with E-state index in [9.17, 15) is 22.8 Å². The Balaban J connectivity index is 1.81. The Morgan fingerprint density at radius 1 is 1.20 bits per heavy atom. The molecular formula is C16H20F3N3O3. The molecule has 0 aromatic heterocycles.